The Balaban J connectivity index is 1.44. The summed E-state index contributed by atoms with van der Waals surface area (Å²) in [5.74, 6) is -0.00430. The molecular formula is C31H25N3O. The topological polar surface area (TPSA) is 35.9 Å². The number of rotatable bonds is 5. The van der Waals surface area contributed by atoms with Crippen LogP contribution in [0.15, 0.2) is 120 Å². The average molecular weight is 456 g/mol. The van der Waals surface area contributed by atoms with Crippen molar-refractivity contribution < 1.29 is 4.79 Å². The molecule has 1 amide bonds. The second-order valence-corrected chi connectivity index (χ2v) is 8.88. The van der Waals surface area contributed by atoms with E-state index in [-0.39, 0.29) is 12.1 Å². The molecule has 1 saturated heterocycles. The first-order chi connectivity index (χ1) is 17.3. The van der Waals surface area contributed by atoms with Crippen molar-refractivity contribution in [2.24, 2.45) is 5.10 Å². The highest BCUT2D eigenvalue weighted by molar-refractivity contribution is 6.00. The zero-order valence-corrected chi connectivity index (χ0v) is 19.3. The number of hydrogen-bond acceptors (Lipinski definition) is 3. The van der Waals surface area contributed by atoms with E-state index in [1.54, 1.807) is 5.01 Å². The number of nitrogens with zero attached hydrogens (tertiary/aromatic N) is 3. The Morgan fingerprint density at radius 1 is 0.714 bits per heavy atom. The number of benzene rings is 5. The molecule has 35 heavy (non-hydrogen) atoms. The fourth-order valence-electron chi connectivity index (χ4n) is 5.00. The minimum absolute atomic E-state index is 0.00430. The molecule has 4 nitrogen and oxygen atoms in total. The Kier molecular flexibility index (Phi) is 5.57. The van der Waals surface area contributed by atoms with E-state index in [2.05, 4.69) is 65.6 Å². The highest BCUT2D eigenvalue weighted by Crippen LogP contribution is 2.36. The monoisotopic (exact) mass is 455 g/mol. The van der Waals surface area contributed by atoms with Crippen LogP contribution in [-0.2, 0) is 11.3 Å². The van der Waals surface area contributed by atoms with E-state index in [1.807, 2.05) is 60.8 Å². The largest absolute Gasteiger partial charge is 0.271 e. The van der Waals surface area contributed by atoms with E-state index in [1.165, 1.54) is 5.56 Å². The lowest BCUT2D eigenvalue weighted by molar-refractivity contribution is -0.128. The van der Waals surface area contributed by atoms with Gasteiger partial charge in [0.25, 0.3) is 5.91 Å². The third-order valence-corrected chi connectivity index (χ3v) is 6.65. The quantitative estimate of drug-likeness (QED) is 0.289. The van der Waals surface area contributed by atoms with Crippen LogP contribution in [0, 0.1) is 0 Å². The molecule has 0 aliphatic carbocycles. The summed E-state index contributed by atoms with van der Waals surface area (Å²) in [7, 11) is 0. The van der Waals surface area contributed by atoms with Gasteiger partial charge in [0.15, 0.2) is 0 Å². The zero-order chi connectivity index (χ0) is 23.6. The standard InChI is InChI=1S/C31H25N3O/c35-30-22-33(21-23-10-2-1-3-11-23)31(29-19-9-15-25-13-5-7-18-28(25)29)34(30)32-20-26-16-8-14-24-12-4-6-17-27(24)26/h1-20,31H,21-22H2/b32-20+. The smallest absolute Gasteiger partial charge is 0.258 e. The van der Waals surface area contributed by atoms with Crippen molar-refractivity contribution in [3.63, 3.8) is 0 Å². The van der Waals surface area contributed by atoms with Crippen LogP contribution >= 0.6 is 0 Å². The number of hydrogen-bond donors (Lipinski definition) is 0. The molecule has 1 fully saturated rings. The van der Waals surface area contributed by atoms with Crippen LogP contribution < -0.4 is 0 Å². The number of amides is 1. The number of carbonyl (C=O) groups excluding carboxylic acids is 1. The van der Waals surface area contributed by atoms with Crippen LogP contribution in [0.5, 0.6) is 0 Å². The van der Waals surface area contributed by atoms with Gasteiger partial charge in [-0.05, 0) is 32.7 Å². The molecule has 1 aliphatic heterocycles. The Bertz CT molecular complexity index is 1530. The lowest BCUT2D eigenvalue weighted by Crippen LogP contribution is -2.29. The Morgan fingerprint density at radius 3 is 2.14 bits per heavy atom. The van der Waals surface area contributed by atoms with Crippen molar-refractivity contribution in [3.8, 4) is 0 Å². The fourth-order valence-corrected chi connectivity index (χ4v) is 5.00. The molecular weight excluding hydrogens is 430 g/mol. The maximum atomic E-state index is 13.4. The predicted molar refractivity (Wildman–Crippen MR) is 142 cm³/mol. The summed E-state index contributed by atoms with van der Waals surface area (Å²) in [6.45, 7) is 0.983. The van der Waals surface area contributed by atoms with E-state index in [4.69, 9.17) is 5.10 Å². The van der Waals surface area contributed by atoms with Crippen molar-refractivity contribution in [1.82, 2.24) is 9.91 Å². The van der Waals surface area contributed by atoms with Crippen LogP contribution in [0.2, 0.25) is 0 Å². The summed E-state index contributed by atoms with van der Waals surface area (Å²) in [4.78, 5) is 15.6. The highest BCUT2D eigenvalue weighted by Gasteiger charge is 2.39. The van der Waals surface area contributed by atoms with E-state index in [0.717, 1.165) is 32.7 Å². The second-order valence-electron chi connectivity index (χ2n) is 8.88. The van der Waals surface area contributed by atoms with Crippen molar-refractivity contribution in [1.29, 1.82) is 0 Å². The first-order valence-corrected chi connectivity index (χ1v) is 11.9. The molecule has 1 unspecified atom stereocenters. The van der Waals surface area contributed by atoms with Gasteiger partial charge in [-0.25, -0.2) is 5.01 Å². The second kappa shape index (κ2) is 9.16. The number of carbonyl (C=O) groups is 1. The molecule has 0 N–H and O–H groups in total. The summed E-state index contributed by atoms with van der Waals surface area (Å²) in [5, 5.41) is 11.0. The molecule has 6 rings (SSSR count). The molecule has 5 aromatic carbocycles. The van der Waals surface area contributed by atoms with E-state index in [9.17, 15) is 4.79 Å². The van der Waals surface area contributed by atoms with Gasteiger partial charge in [0.2, 0.25) is 0 Å². The van der Waals surface area contributed by atoms with Crippen LogP contribution in [0.1, 0.15) is 22.9 Å². The minimum Gasteiger partial charge on any atom is -0.271 e. The third kappa shape index (κ3) is 4.09. The van der Waals surface area contributed by atoms with Gasteiger partial charge in [-0.1, -0.05) is 115 Å². The molecule has 1 aliphatic rings. The number of fused-ring (bicyclic) bond motifs is 2. The maximum Gasteiger partial charge on any atom is 0.258 e. The SMILES string of the molecule is O=C1CN(Cc2ccccc2)C(c2cccc3ccccc23)N1/N=C/c1cccc2ccccc12. The lowest BCUT2D eigenvalue weighted by atomic mass is 10.0. The molecule has 0 spiro atoms. The normalized spacial score (nSPS) is 16.6. The van der Waals surface area contributed by atoms with Crippen LogP contribution in [0.25, 0.3) is 21.5 Å². The number of hydrazone groups is 1. The van der Waals surface area contributed by atoms with Gasteiger partial charge >= 0.3 is 0 Å². The first kappa shape index (κ1) is 21.3. The summed E-state index contributed by atoms with van der Waals surface area (Å²) < 4.78 is 0. The van der Waals surface area contributed by atoms with Gasteiger partial charge < -0.3 is 0 Å². The Morgan fingerprint density at radius 2 is 1.34 bits per heavy atom. The summed E-state index contributed by atoms with van der Waals surface area (Å²) in [6, 6.07) is 39.3. The van der Waals surface area contributed by atoms with Crippen molar-refractivity contribution >= 4 is 33.7 Å². The predicted octanol–water partition coefficient (Wildman–Crippen LogP) is 6.37. The summed E-state index contributed by atoms with van der Waals surface area (Å²) in [6.07, 6.45) is 1.53. The lowest BCUT2D eigenvalue weighted by Gasteiger charge is -2.28. The average Bonchev–Trinajstić information content (AvgIpc) is 3.21. The van der Waals surface area contributed by atoms with Crippen molar-refractivity contribution in [2.75, 3.05) is 6.54 Å². The Labute approximate surface area is 204 Å². The van der Waals surface area contributed by atoms with Crippen LogP contribution in [-0.4, -0.2) is 28.6 Å². The zero-order valence-electron chi connectivity index (χ0n) is 19.3. The van der Waals surface area contributed by atoms with E-state index in [0.29, 0.717) is 13.1 Å². The molecule has 5 aromatic rings. The van der Waals surface area contributed by atoms with Crippen molar-refractivity contribution in [3.05, 3.63) is 132 Å². The molecule has 0 bridgehead atoms. The van der Waals surface area contributed by atoms with Crippen LogP contribution in [0.4, 0.5) is 0 Å². The van der Waals surface area contributed by atoms with Crippen molar-refractivity contribution in [2.45, 2.75) is 12.7 Å². The van der Waals surface area contributed by atoms with Gasteiger partial charge in [0, 0.05) is 12.1 Å². The van der Waals surface area contributed by atoms with Crippen LogP contribution in [0.3, 0.4) is 0 Å². The van der Waals surface area contributed by atoms with Gasteiger partial charge in [0.1, 0.15) is 6.17 Å². The summed E-state index contributed by atoms with van der Waals surface area (Å²) in [5.41, 5.74) is 3.25. The molecule has 170 valence electrons. The van der Waals surface area contributed by atoms with Gasteiger partial charge in [-0.15, -0.1) is 0 Å². The summed E-state index contributed by atoms with van der Waals surface area (Å²) >= 11 is 0. The van der Waals surface area contributed by atoms with Gasteiger partial charge in [-0.2, -0.15) is 5.10 Å². The molecule has 0 aromatic heterocycles. The first-order valence-electron chi connectivity index (χ1n) is 11.9. The van der Waals surface area contributed by atoms with E-state index < -0.39 is 0 Å². The Hall–Kier alpha value is -4.28. The maximum absolute atomic E-state index is 13.4. The third-order valence-electron chi connectivity index (χ3n) is 6.65. The molecule has 0 saturated carbocycles. The highest BCUT2D eigenvalue weighted by atomic mass is 16.2. The minimum atomic E-state index is -0.292. The molecule has 0 radical (unpaired) electrons. The van der Waals surface area contributed by atoms with Gasteiger partial charge in [0.05, 0.1) is 12.8 Å². The van der Waals surface area contributed by atoms with E-state index >= 15 is 0 Å². The van der Waals surface area contributed by atoms with Gasteiger partial charge in [-0.3, -0.25) is 9.69 Å². The fraction of sp³-hybridized carbons (Fsp3) is 0.0968. The molecule has 1 heterocycles. The molecule has 4 heteroatoms. The molecule has 1 atom stereocenters.